The molecule has 0 aliphatic heterocycles. The largest absolute Gasteiger partial charge is 0.349 e. The van der Waals surface area contributed by atoms with E-state index in [0.717, 1.165) is 13.0 Å². The Hall–Kier alpha value is -0.870. The zero-order valence-corrected chi connectivity index (χ0v) is 10.1. The first kappa shape index (κ1) is 12.2. The van der Waals surface area contributed by atoms with Gasteiger partial charge in [-0.25, -0.2) is 0 Å². The van der Waals surface area contributed by atoms with E-state index in [-0.39, 0.29) is 11.9 Å². The van der Waals surface area contributed by atoms with Gasteiger partial charge in [0, 0.05) is 11.3 Å². The second-order valence-electron chi connectivity index (χ2n) is 3.51. The smallest absolute Gasteiger partial charge is 0.220 e. The molecule has 1 rings (SSSR count). The third kappa shape index (κ3) is 4.44. The Kier molecular flexibility index (Phi) is 5.36. The van der Waals surface area contributed by atoms with Crippen LogP contribution in [0, 0.1) is 0 Å². The molecule has 3 nitrogen and oxygen atoms in total. The molecule has 1 aromatic rings. The van der Waals surface area contributed by atoms with E-state index in [0.29, 0.717) is 6.42 Å². The maximum Gasteiger partial charge on any atom is 0.220 e. The van der Waals surface area contributed by atoms with Crippen LogP contribution in [0.3, 0.4) is 0 Å². The summed E-state index contributed by atoms with van der Waals surface area (Å²) in [4.78, 5) is 12.7. The lowest BCUT2D eigenvalue weighted by Gasteiger charge is -2.11. The molecule has 1 heterocycles. The number of rotatable bonds is 6. The fourth-order valence-corrected chi connectivity index (χ4v) is 2.08. The fourth-order valence-electron chi connectivity index (χ4n) is 1.35. The van der Waals surface area contributed by atoms with Crippen LogP contribution < -0.4 is 10.6 Å². The minimum atomic E-state index is 0.131. The zero-order valence-electron chi connectivity index (χ0n) is 9.25. The highest BCUT2D eigenvalue weighted by Crippen LogP contribution is 2.17. The molecule has 2 N–H and O–H groups in total. The van der Waals surface area contributed by atoms with Crippen LogP contribution in [0.4, 0.5) is 0 Å². The van der Waals surface area contributed by atoms with E-state index in [9.17, 15) is 4.79 Å². The van der Waals surface area contributed by atoms with Gasteiger partial charge in [0.15, 0.2) is 0 Å². The van der Waals surface area contributed by atoms with E-state index in [4.69, 9.17) is 0 Å². The molecule has 0 fully saturated rings. The van der Waals surface area contributed by atoms with Gasteiger partial charge < -0.3 is 10.6 Å². The first-order valence-corrected chi connectivity index (χ1v) is 6.09. The summed E-state index contributed by atoms with van der Waals surface area (Å²) in [5, 5.41) is 8.04. The van der Waals surface area contributed by atoms with E-state index in [1.165, 1.54) is 4.88 Å². The van der Waals surface area contributed by atoms with Crippen molar-refractivity contribution in [2.24, 2.45) is 0 Å². The van der Waals surface area contributed by atoms with E-state index in [2.05, 4.69) is 10.6 Å². The monoisotopic (exact) mass is 226 g/mol. The highest BCUT2D eigenvalue weighted by Gasteiger charge is 2.09. The van der Waals surface area contributed by atoms with Crippen molar-refractivity contribution < 1.29 is 4.79 Å². The van der Waals surface area contributed by atoms with Gasteiger partial charge in [-0.2, -0.15) is 0 Å². The molecule has 0 unspecified atom stereocenters. The number of amides is 1. The Bertz CT molecular complexity index is 285. The fraction of sp³-hybridized carbons (Fsp3) is 0.545. The Balaban J connectivity index is 2.26. The molecule has 0 saturated carbocycles. The van der Waals surface area contributed by atoms with Gasteiger partial charge in [0.05, 0.1) is 6.04 Å². The van der Waals surface area contributed by atoms with E-state index < -0.39 is 0 Å². The van der Waals surface area contributed by atoms with Crippen molar-refractivity contribution in [3.05, 3.63) is 22.4 Å². The molecule has 0 aliphatic rings. The highest BCUT2D eigenvalue weighted by molar-refractivity contribution is 7.10. The van der Waals surface area contributed by atoms with Gasteiger partial charge in [0.2, 0.25) is 5.91 Å². The van der Waals surface area contributed by atoms with Crippen LogP contribution in [0.2, 0.25) is 0 Å². The van der Waals surface area contributed by atoms with E-state index in [1.807, 2.05) is 31.5 Å². The molecule has 84 valence electrons. The third-order valence-corrected chi connectivity index (χ3v) is 3.23. The number of thiophene rings is 1. The summed E-state index contributed by atoms with van der Waals surface area (Å²) in [6, 6.07) is 4.18. The van der Waals surface area contributed by atoms with Crippen LogP contribution in [0.15, 0.2) is 17.5 Å². The predicted octanol–water partition coefficient (Wildman–Crippen LogP) is 1.92. The highest BCUT2D eigenvalue weighted by atomic mass is 32.1. The molecule has 0 radical (unpaired) electrons. The lowest BCUT2D eigenvalue weighted by atomic mass is 10.2. The topological polar surface area (TPSA) is 41.1 Å². The first-order chi connectivity index (χ1) is 7.24. The quantitative estimate of drug-likeness (QED) is 0.728. The Morgan fingerprint density at radius 2 is 2.40 bits per heavy atom. The van der Waals surface area contributed by atoms with Crippen LogP contribution >= 0.6 is 11.3 Å². The van der Waals surface area contributed by atoms with E-state index in [1.54, 1.807) is 11.3 Å². The van der Waals surface area contributed by atoms with Crippen LogP contribution in [0.1, 0.15) is 30.7 Å². The SMILES string of the molecule is CNCCCC(=O)N[C@H](C)c1cccs1. The predicted molar refractivity (Wildman–Crippen MR) is 64.0 cm³/mol. The van der Waals surface area contributed by atoms with Crippen molar-refractivity contribution in [1.82, 2.24) is 10.6 Å². The summed E-state index contributed by atoms with van der Waals surface area (Å²) >= 11 is 1.67. The van der Waals surface area contributed by atoms with Crippen molar-refractivity contribution in [2.45, 2.75) is 25.8 Å². The van der Waals surface area contributed by atoms with Gasteiger partial charge in [0.25, 0.3) is 0 Å². The summed E-state index contributed by atoms with van der Waals surface area (Å²) in [7, 11) is 1.90. The molecule has 0 aliphatic carbocycles. The number of hydrogen-bond acceptors (Lipinski definition) is 3. The standard InChI is InChI=1S/C11H18N2OS/c1-9(10-5-4-8-15-10)13-11(14)6-3-7-12-2/h4-5,8-9,12H,3,6-7H2,1-2H3,(H,13,14)/t9-/m1/s1. The number of nitrogens with one attached hydrogen (secondary N) is 2. The second-order valence-corrected chi connectivity index (χ2v) is 4.49. The maximum absolute atomic E-state index is 11.5. The van der Waals surface area contributed by atoms with Crippen LogP contribution in [-0.2, 0) is 4.79 Å². The molecule has 1 atom stereocenters. The summed E-state index contributed by atoms with van der Waals surface area (Å²) in [6.07, 6.45) is 1.48. The lowest BCUT2D eigenvalue weighted by Crippen LogP contribution is -2.26. The molecule has 1 aromatic heterocycles. The van der Waals surface area contributed by atoms with Gasteiger partial charge >= 0.3 is 0 Å². The van der Waals surface area contributed by atoms with Crippen LogP contribution in [-0.4, -0.2) is 19.5 Å². The Morgan fingerprint density at radius 1 is 1.60 bits per heavy atom. The molecule has 15 heavy (non-hydrogen) atoms. The van der Waals surface area contributed by atoms with Crippen molar-refractivity contribution in [2.75, 3.05) is 13.6 Å². The Morgan fingerprint density at radius 3 is 3.00 bits per heavy atom. The van der Waals surface area contributed by atoms with Gasteiger partial charge in [-0.3, -0.25) is 4.79 Å². The first-order valence-electron chi connectivity index (χ1n) is 5.21. The molecule has 0 saturated heterocycles. The molecule has 0 aromatic carbocycles. The number of carbonyl (C=O) groups excluding carboxylic acids is 1. The minimum Gasteiger partial charge on any atom is -0.349 e. The number of carbonyl (C=O) groups is 1. The number of hydrogen-bond donors (Lipinski definition) is 2. The average molecular weight is 226 g/mol. The maximum atomic E-state index is 11.5. The van der Waals surface area contributed by atoms with Crippen LogP contribution in [0.5, 0.6) is 0 Å². The van der Waals surface area contributed by atoms with Crippen molar-refractivity contribution in [3.8, 4) is 0 Å². The molecule has 0 bridgehead atoms. The molecule has 1 amide bonds. The normalized spacial score (nSPS) is 12.4. The summed E-state index contributed by atoms with van der Waals surface area (Å²) in [6.45, 7) is 2.91. The Labute approximate surface area is 94.9 Å². The average Bonchev–Trinajstić information content (AvgIpc) is 2.70. The van der Waals surface area contributed by atoms with Gasteiger partial charge in [0.1, 0.15) is 0 Å². The molecular formula is C11H18N2OS. The zero-order chi connectivity index (χ0) is 11.1. The second kappa shape index (κ2) is 6.58. The molecular weight excluding hydrogens is 208 g/mol. The van der Waals surface area contributed by atoms with Gasteiger partial charge in [-0.1, -0.05) is 6.07 Å². The summed E-state index contributed by atoms with van der Waals surface area (Å²) in [5.74, 6) is 0.131. The van der Waals surface area contributed by atoms with E-state index >= 15 is 0 Å². The lowest BCUT2D eigenvalue weighted by molar-refractivity contribution is -0.121. The third-order valence-electron chi connectivity index (χ3n) is 2.18. The molecule has 0 spiro atoms. The van der Waals surface area contributed by atoms with Crippen LogP contribution in [0.25, 0.3) is 0 Å². The van der Waals surface area contributed by atoms with Crippen molar-refractivity contribution in [1.29, 1.82) is 0 Å². The van der Waals surface area contributed by atoms with Gasteiger partial charge in [-0.15, -0.1) is 11.3 Å². The summed E-state index contributed by atoms with van der Waals surface area (Å²) < 4.78 is 0. The summed E-state index contributed by atoms with van der Waals surface area (Å²) in [5.41, 5.74) is 0. The van der Waals surface area contributed by atoms with Crippen molar-refractivity contribution >= 4 is 17.2 Å². The molecule has 4 heteroatoms. The minimum absolute atomic E-state index is 0.131. The van der Waals surface area contributed by atoms with Gasteiger partial charge in [-0.05, 0) is 38.4 Å². The van der Waals surface area contributed by atoms with Crippen molar-refractivity contribution in [3.63, 3.8) is 0 Å².